The van der Waals surface area contributed by atoms with Crippen LogP contribution in [0.2, 0.25) is 0 Å². The van der Waals surface area contributed by atoms with Gasteiger partial charge >= 0.3 is 0 Å². The lowest BCUT2D eigenvalue weighted by Gasteiger charge is -2.34. The molecule has 0 N–H and O–H groups in total. The average molecular weight is 390 g/mol. The molecule has 0 aromatic carbocycles. The van der Waals surface area contributed by atoms with Crippen LogP contribution in [0.15, 0.2) is 29.1 Å². The average Bonchev–Trinajstić information content (AvgIpc) is 2.70. The SMILES string of the molecule is Cc1cc(OC2CCN(c3cc(=O)n(C)c4ccc(C#N)nc34)CC2)nc(C)n1. The normalized spacial score (nSPS) is 14.8. The maximum atomic E-state index is 12.4. The molecule has 4 rings (SSSR count). The highest BCUT2D eigenvalue weighted by Gasteiger charge is 2.24. The van der Waals surface area contributed by atoms with Gasteiger partial charge in [0.05, 0.1) is 11.2 Å². The largest absolute Gasteiger partial charge is 0.474 e. The molecular formula is C21H22N6O2. The number of anilines is 1. The molecule has 0 aliphatic carbocycles. The summed E-state index contributed by atoms with van der Waals surface area (Å²) in [5.41, 5.74) is 3.29. The number of hydrogen-bond donors (Lipinski definition) is 0. The number of nitriles is 1. The summed E-state index contributed by atoms with van der Waals surface area (Å²) in [5, 5.41) is 9.21. The molecule has 0 unspecified atom stereocenters. The molecule has 29 heavy (non-hydrogen) atoms. The quantitative estimate of drug-likeness (QED) is 0.677. The number of ether oxygens (including phenoxy) is 1. The topological polar surface area (TPSA) is 96.9 Å². The maximum absolute atomic E-state index is 12.4. The van der Waals surface area contributed by atoms with Crippen LogP contribution in [-0.4, -0.2) is 38.7 Å². The summed E-state index contributed by atoms with van der Waals surface area (Å²) in [6.45, 7) is 5.24. The smallest absolute Gasteiger partial charge is 0.252 e. The van der Waals surface area contributed by atoms with Crippen LogP contribution in [0.25, 0.3) is 11.0 Å². The minimum absolute atomic E-state index is 0.0559. The molecule has 0 amide bonds. The third-order valence-electron chi connectivity index (χ3n) is 5.20. The van der Waals surface area contributed by atoms with E-state index in [-0.39, 0.29) is 11.7 Å². The highest BCUT2D eigenvalue weighted by atomic mass is 16.5. The second kappa shape index (κ2) is 7.51. The third kappa shape index (κ3) is 3.76. The lowest BCUT2D eigenvalue weighted by Crippen LogP contribution is -2.39. The van der Waals surface area contributed by atoms with Gasteiger partial charge in [-0.1, -0.05) is 0 Å². The standard InChI is InChI=1S/C21H22N6O2/c1-13-10-19(24-14(2)23-13)29-16-6-8-27(9-7-16)18-11-20(28)26(3)17-5-4-15(12-22)25-21(17)18/h4-5,10-11,16H,6-9H2,1-3H3. The molecule has 1 aliphatic rings. The maximum Gasteiger partial charge on any atom is 0.252 e. The summed E-state index contributed by atoms with van der Waals surface area (Å²) in [4.78, 5) is 27.7. The van der Waals surface area contributed by atoms with E-state index in [1.54, 1.807) is 29.8 Å². The number of fused-ring (bicyclic) bond motifs is 1. The van der Waals surface area contributed by atoms with Crippen molar-refractivity contribution in [3.8, 4) is 11.9 Å². The van der Waals surface area contributed by atoms with Crippen molar-refractivity contribution < 1.29 is 4.74 Å². The first kappa shape index (κ1) is 18.9. The van der Waals surface area contributed by atoms with Crippen molar-refractivity contribution in [2.45, 2.75) is 32.8 Å². The lowest BCUT2D eigenvalue weighted by atomic mass is 10.1. The molecule has 0 atom stereocenters. The Kier molecular flexibility index (Phi) is 4.89. The van der Waals surface area contributed by atoms with Crippen molar-refractivity contribution in [2.75, 3.05) is 18.0 Å². The summed E-state index contributed by atoms with van der Waals surface area (Å²) >= 11 is 0. The first-order chi connectivity index (χ1) is 13.9. The number of piperidine rings is 1. The number of aryl methyl sites for hydroxylation is 3. The minimum atomic E-state index is -0.0932. The van der Waals surface area contributed by atoms with Crippen LogP contribution in [0.3, 0.4) is 0 Å². The zero-order chi connectivity index (χ0) is 20.5. The van der Waals surface area contributed by atoms with Crippen molar-refractivity contribution in [2.24, 2.45) is 7.05 Å². The van der Waals surface area contributed by atoms with E-state index < -0.39 is 0 Å². The number of hydrogen-bond acceptors (Lipinski definition) is 7. The van der Waals surface area contributed by atoms with E-state index in [4.69, 9.17) is 4.74 Å². The Morgan fingerprint density at radius 2 is 1.90 bits per heavy atom. The second-order valence-corrected chi connectivity index (χ2v) is 7.30. The van der Waals surface area contributed by atoms with Gasteiger partial charge in [0.2, 0.25) is 5.88 Å². The van der Waals surface area contributed by atoms with Crippen LogP contribution in [0.4, 0.5) is 5.69 Å². The Morgan fingerprint density at radius 1 is 1.14 bits per heavy atom. The molecule has 0 saturated carbocycles. The third-order valence-corrected chi connectivity index (χ3v) is 5.20. The van der Waals surface area contributed by atoms with E-state index in [0.29, 0.717) is 22.9 Å². The van der Waals surface area contributed by atoms with E-state index in [1.807, 2.05) is 19.9 Å². The summed E-state index contributed by atoms with van der Waals surface area (Å²) in [5.74, 6) is 1.30. The fraction of sp³-hybridized carbons (Fsp3) is 0.381. The molecule has 3 aromatic rings. The van der Waals surface area contributed by atoms with E-state index in [2.05, 4.69) is 25.9 Å². The van der Waals surface area contributed by atoms with Crippen LogP contribution in [0, 0.1) is 25.2 Å². The van der Waals surface area contributed by atoms with Crippen LogP contribution in [0.1, 0.15) is 30.1 Å². The van der Waals surface area contributed by atoms with Crippen molar-refractivity contribution in [3.63, 3.8) is 0 Å². The van der Waals surface area contributed by atoms with Gasteiger partial charge in [0.1, 0.15) is 29.2 Å². The molecule has 1 fully saturated rings. The summed E-state index contributed by atoms with van der Waals surface area (Å²) in [6, 6.07) is 8.95. The number of aromatic nitrogens is 4. The zero-order valence-corrected chi connectivity index (χ0v) is 16.7. The molecule has 4 heterocycles. The van der Waals surface area contributed by atoms with E-state index in [9.17, 15) is 10.1 Å². The van der Waals surface area contributed by atoms with Crippen molar-refractivity contribution in [3.05, 3.63) is 51.8 Å². The zero-order valence-electron chi connectivity index (χ0n) is 16.7. The monoisotopic (exact) mass is 390 g/mol. The molecule has 3 aromatic heterocycles. The van der Waals surface area contributed by atoms with Gasteiger partial charge in [-0.3, -0.25) is 4.79 Å². The summed E-state index contributed by atoms with van der Waals surface area (Å²) < 4.78 is 7.62. The van der Waals surface area contributed by atoms with Crippen molar-refractivity contribution in [1.82, 2.24) is 19.5 Å². The van der Waals surface area contributed by atoms with Gasteiger partial charge in [-0.2, -0.15) is 10.2 Å². The molecular weight excluding hydrogens is 368 g/mol. The van der Waals surface area contributed by atoms with Gasteiger partial charge in [0, 0.05) is 50.8 Å². The molecule has 0 radical (unpaired) electrons. The number of rotatable bonds is 3. The fourth-order valence-corrected chi connectivity index (χ4v) is 3.74. The van der Waals surface area contributed by atoms with Gasteiger partial charge in [-0.05, 0) is 26.0 Å². The van der Waals surface area contributed by atoms with Gasteiger partial charge in [0.15, 0.2) is 0 Å². The number of nitrogens with zero attached hydrogens (tertiary/aromatic N) is 6. The predicted octanol–water partition coefficient (Wildman–Crippen LogP) is 2.26. The molecule has 0 spiro atoms. The molecule has 8 heteroatoms. The van der Waals surface area contributed by atoms with Crippen LogP contribution >= 0.6 is 0 Å². The van der Waals surface area contributed by atoms with Gasteiger partial charge in [-0.25, -0.2) is 9.97 Å². The Balaban J connectivity index is 1.57. The Bertz CT molecular complexity index is 1150. The molecule has 1 saturated heterocycles. The van der Waals surface area contributed by atoms with Crippen LogP contribution < -0.4 is 15.2 Å². The van der Waals surface area contributed by atoms with Gasteiger partial charge in [-0.15, -0.1) is 0 Å². The first-order valence-electron chi connectivity index (χ1n) is 9.59. The van der Waals surface area contributed by atoms with Crippen LogP contribution in [0.5, 0.6) is 5.88 Å². The lowest BCUT2D eigenvalue weighted by molar-refractivity contribution is 0.163. The van der Waals surface area contributed by atoms with E-state index in [1.165, 1.54) is 0 Å². The first-order valence-corrected chi connectivity index (χ1v) is 9.59. The highest BCUT2D eigenvalue weighted by molar-refractivity contribution is 5.88. The summed E-state index contributed by atoms with van der Waals surface area (Å²) in [7, 11) is 1.72. The van der Waals surface area contributed by atoms with Crippen molar-refractivity contribution in [1.29, 1.82) is 5.26 Å². The molecule has 8 nitrogen and oxygen atoms in total. The Hall–Kier alpha value is -3.47. The van der Waals surface area contributed by atoms with E-state index >= 15 is 0 Å². The van der Waals surface area contributed by atoms with E-state index in [0.717, 1.165) is 42.8 Å². The Labute approximate surface area is 168 Å². The number of pyridine rings is 2. The van der Waals surface area contributed by atoms with Crippen LogP contribution in [-0.2, 0) is 7.05 Å². The molecule has 148 valence electrons. The Morgan fingerprint density at radius 3 is 2.59 bits per heavy atom. The van der Waals surface area contributed by atoms with Crippen molar-refractivity contribution >= 4 is 16.7 Å². The van der Waals surface area contributed by atoms with Gasteiger partial charge < -0.3 is 14.2 Å². The molecule has 0 bridgehead atoms. The highest BCUT2D eigenvalue weighted by Crippen LogP contribution is 2.27. The summed E-state index contributed by atoms with van der Waals surface area (Å²) in [6.07, 6.45) is 1.66. The predicted molar refractivity (Wildman–Crippen MR) is 109 cm³/mol. The van der Waals surface area contributed by atoms with Gasteiger partial charge in [0.25, 0.3) is 5.56 Å². The molecule has 1 aliphatic heterocycles. The fourth-order valence-electron chi connectivity index (χ4n) is 3.74. The minimum Gasteiger partial charge on any atom is -0.474 e. The second-order valence-electron chi connectivity index (χ2n) is 7.30.